The first-order chi connectivity index (χ1) is 9.54. The molecule has 0 amide bonds. The summed E-state index contributed by atoms with van der Waals surface area (Å²) < 4.78 is 0. The number of aryl methyl sites for hydroxylation is 2. The zero-order valence-electron chi connectivity index (χ0n) is 12.4. The average molecular weight is 288 g/mol. The normalized spacial score (nSPS) is 14.1. The number of halogens is 1. The molecule has 2 N–H and O–H groups in total. The van der Waals surface area contributed by atoms with Crippen molar-refractivity contribution < 1.29 is 0 Å². The molecule has 0 fully saturated rings. The van der Waals surface area contributed by atoms with Gasteiger partial charge in [0.05, 0.1) is 0 Å². The molecule has 2 atom stereocenters. The Hall–Kier alpha value is -1.31. The van der Waals surface area contributed by atoms with Crippen molar-refractivity contribution in [2.24, 2.45) is 5.73 Å². The van der Waals surface area contributed by atoms with E-state index in [1.165, 1.54) is 16.7 Å². The Morgan fingerprint density at radius 3 is 2.25 bits per heavy atom. The summed E-state index contributed by atoms with van der Waals surface area (Å²) in [5.74, 6) is 0.288. The maximum absolute atomic E-state index is 6.52. The Bertz CT molecular complexity index is 577. The smallest absolute Gasteiger partial charge is 0.0456 e. The Labute approximate surface area is 126 Å². The maximum Gasteiger partial charge on any atom is 0.0456 e. The van der Waals surface area contributed by atoms with Crippen molar-refractivity contribution in [2.45, 2.75) is 39.2 Å². The molecule has 0 saturated heterocycles. The fourth-order valence-electron chi connectivity index (χ4n) is 2.67. The van der Waals surface area contributed by atoms with Crippen molar-refractivity contribution in [3.8, 4) is 0 Å². The topological polar surface area (TPSA) is 26.0 Å². The van der Waals surface area contributed by atoms with E-state index >= 15 is 0 Å². The van der Waals surface area contributed by atoms with Gasteiger partial charge in [-0.3, -0.25) is 0 Å². The van der Waals surface area contributed by atoms with Crippen LogP contribution >= 0.6 is 11.6 Å². The zero-order valence-corrected chi connectivity index (χ0v) is 13.1. The highest BCUT2D eigenvalue weighted by molar-refractivity contribution is 6.31. The number of nitrogens with two attached hydrogens (primary N) is 1. The molecule has 0 aliphatic carbocycles. The van der Waals surface area contributed by atoms with Gasteiger partial charge in [-0.15, -0.1) is 0 Å². The summed E-state index contributed by atoms with van der Waals surface area (Å²) in [6.45, 7) is 6.35. The number of rotatable bonds is 4. The van der Waals surface area contributed by atoms with Crippen LogP contribution in [0.5, 0.6) is 0 Å². The van der Waals surface area contributed by atoms with Crippen LogP contribution in [0, 0.1) is 13.8 Å². The van der Waals surface area contributed by atoms with Crippen molar-refractivity contribution in [3.63, 3.8) is 0 Å². The van der Waals surface area contributed by atoms with Crippen LogP contribution in [0.1, 0.15) is 47.6 Å². The fraction of sp³-hybridized carbons (Fsp3) is 0.333. The van der Waals surface area contributed by atoms with Crippen molar-refractivity contribution in [1.29, 1.82) is 0 Å². The van der Waals surface area contributed by atoms with E-state index in [9.17, 15) is 0 Å². The summed E-state index contributed by atoms with van der Waals surface area (Å²) in [5.41, 5.74) is 11.3. The fourth-order valence-corrected chi connectivity index (χ4v) is 3.02. The van der Waals surface area contributed by atoms with Gasteiger partial charge in [-0.05, 0) is 48.6 Å². The zero-order chi connectivity index (χ0) is 14.7. The summed E-state index contributed by atoms with van der Waals surface area (Å²) in [4.78, 5) is 0. The largest absolute Gasteiger partial charge is 0.323 e. The van der Waals surface area contributed by atoms with Crippen molar-refractivity contribution in [1.82, 2.24) is 0 Å². The summed E-state index contributed by atoms with van der Waals surface area (Å²) in [6.07, 6.45) is 0.994. The van der Waals surface area contributed by atoms with Gasteiger partial charge in [0.15, 0.2) is 0 Å². The van der Waals surface area contributed by atoms with Gasteiger partial charge in [0.1, 0.15) is 0 Å². The van der Waals surface area contributed by atoms with E-state index in [0.717, 1.165) is 17.0 Å². The summed E-state index contributed by atoms with van der Waals surface area (Å²) in [6, 6.07) is 14.5. The monoisotopic (exact) mass is 287 g/mol. The maximum atomic E-state index is 6.52. The van der Waals surface area contributed by atoms with Gasteiger partial charge in [0.2, 0.25) is 0 Å². The highest BCUT2D eigenvalue weighted by Crippen LogP contribution is 2.36. The Morgan fingerprint density at radius 2 is 1.65 bits per heavy atom. The van der Waals surface area contributed by atoms with Crippen molar-refractivity contribution in [3.05, 3.63) is 69.7 Å². The van der Waals surface area contributed by atoms with Gasteiger partial charge in [0, 0.05) is 17.0 Å². The van der Waals surface area contributed by atoms with Gasteiger partial charge in [-0.25, -0.2) is 0 Å². The SMILES string of the molecule is CCC(c1ccccc1)C(N)c1cc(C)c(C)cc1Cl. The summed E-state index contributed by atoms with van der Waals surface area (Å²) >= 11 is 6.40. The Morgan fingerprint density at radius 1 is 1.05 bits per heavy atom. The lowest BCUT2D eigenvalue weighted by Gasteiger charge is -2.25. The van der Waals surface area contributed by atoms with Crippen LogP contribution in [0.25, 0.3) is 0 Å². The molecule has 0 aromatic heterocycles. The van der Waals surface area contributed by atoms with Crippen LogP contribution in [0.2, 0.25) is 5.02 Å². The molecule has 0 heterocycles. The van der Waals surface area contributed by atoms with Crippen molar-refractivity contribution in [2.75, 3.05) is 0 Å². The lowest BCUT2D eigenvalue weighted by molar-refractivity contribution is 0.539. The third kappa shape index (κ3) is 3.05. The molecule has 0 bridgehead atoms. The van der Waals surface area contributed by atoms with Crippen LogP contribution in [-0.2, 0) is 0 Å². The molecular weight excluding hydrogens is 266 g/mol. The Kier molecular flexibility index (Phi) is 4.85. The quantitative estimate of drug-likeness (QED) is 0.827. The van der Waals surface area contributed by atoms with E-state index in [-0.39, 0.29) is 12.0 Å². The minimum absolute atomic E-state index is 0.0748. The molecule has 2 aromatic carbocycles. The van der Waals surface area contributed by atoms with Gasteiger partial charge in [-0.1, -0.05) is 54.9 Å². The first-order valence-electron chi connectivity index (χ1n) is 7.11. The lowest BCUT2D eigenvalue weighted by Crippen LogP contribution is -2.20. The lowest BCUT2D eigenvalue weighted by atomic mass is 9.85. The molecule has 2 unspecified atom stereocenters. The van der Waals surface area contributed by atoms with E-state index < -0.39 is 0 Å². The number of hydrogen-bond donors (Lipinski definition) is 1. The van der Waals surface area contributed by atoms with E-state index in [4.69, 9.17) is 17.3 Å². The molecular formula is C18H22ClN. The van der Waals surface area contributed by atoms with Gasteiger partial charge in [-0.2, -0.15) is 0 Å². The van der Waals surface area contributed by atoms with E-state index in [2.05, 4.69) is 51.1 Å². The third-order valence-electron chi connectivity index (χ3n) is 4.07. The van der Waals surface area contributed by atoms with E-state index in [1.54, 1.807) is 0 Å². The molecule has 2 rings (SSSR count). The van der Waals surface area contributed by atoms with Crippen LogP contribution in [-0.4, -0.2) is 0 Å². The number of hydrogen-bond acceptors (Lipinski definition) is 1. The standard InChI is InChI=1S/C18H22ClN/c1-4-15(14-8-6-5-7-9-14)18(20)16-10-12(2)13(3)11-17(16)19/h5-11,15,18H,4,20H2,1-3H3. The predicted molar refractivity (Wildman–Crippen MR) is 87.3 cm³/mol. The second-order valence-electron chi connectivity index (χ2n) is 5.41. The molecule has 0 spiro atoms. The van der Waals surface area contributed by atoms with E-state index in [1.807, 2.05) is 12.1 Å². The molecule has 0 radical (unpaired) electrons. The predicted octanol–water partition coefficient (Wildman–Crippen LogP) is 5.15. The van der Waals surface area contributed by atoms with Crippen molar-refractivity contribution >= 4 is 11.6 Å². The van der Waals surface area contributed by atoms with Gasteiger partial charge in [0.25, 0.3) is 0 Å². The average Bonchev–Trinajstić information content (AvgIpc) is 2.44. The highest BCUT2D eigenvalue weighted by Gasteiger charge is 2.22. The first-order valence-corrected chi connectivity index (χ1v) is 7.49. The van der Waals surface area contributed by atoms with Crippen LogP contribution < -0.4 is 5.73 Å². The summed E-state index contributed by atoms with van der Waals surface area (Å²) in [7, 11) is 0. The minimum atomic E-state index is -0.0748. The molecule has 2 heteroatoms. The highest BCUT2D eigenvalue weighted by atomic mass is 35.5. The molecule has 20 heavy (non-hydrogen) atoms. The van der Waals surface area contributed by atoms with Crippen LogP contribution in [0.4, 0.5) is 0 Å². The van der Waals surface area contributed by atoms with Crippen LogP contribution in [0.15, 0.2) is 42.5 Å². The second kappa shape index (κ2) is 6.43. The molecule has 106 valence electrons. The summed E-state index contributed by atoms with van der Waals surface area (Å²) in [5, 5.41) is 0.773. The van der Waals surface area contributed by atoms with E-state index in [0.29, 0.717) is 0 Å². The molecule has 2 aromatic rings. The third-order valence-corrected chi connectivity index (χ3v) is 4.40. The van der Waals surface area contributed by atoms with Crippen LogP contribution in [0.3, 0.4) is 0 Å². The number of benzene rings is 2. The minimum Gasteiger partial charge on any atom is -0.323 e. The first kappa shape index (κ1) is 15.1. The molecule has 0 aliphatic heterocycles. The molecule has 1 nitrogen and oxygen atoms in total. The van der Waals surface area contributed by atoms with Gasteiger partial charge >= 0.3 is 0 Å². The second-order valence-corrected chi connectivity index (χ2v) is 5.82. The molecule has 0 saturated carbocycles. The Balaban J connectivity index is 2.39. The van der Waals surface area contributed by atoms with Gasteiger partial charge < -0.3 is 5.73 Å². The molecule has 0 aliphatic rings.